The Morgan fingerprint density at radius 2 is 1.45 bits per heavy atom. The van der Waals surface area contributed by atoms with Crippen molar-refractivity contribution >= 4 is 5.91 Å². The third kappa shape index (κ3) is 3.27. The molecule has 0 aliphatic carbocycles. The van der Waals surface area contributed by atoms with Gasteiger partial charge in [-0.05, 0) is 11.1 Å². The molecule has 0 saturated heterocycles. The highest BCUT2D eigenvalue weighted by molar-refractivity contribution is 5.76. The molecule has 0 radical (unpaired) electrons. The van der Waals surface area contributed by atoms with Crippen LogP contribution in [0.25, 0.3) is 0 Å². The molecule has 0 saturated carbocycles. The number of hydrogen-bond acceptors (Lipinski definition) is 4. The lowest BCUT2D eigenvalue weighted by atomic mass is 9.88. The quantitative estimate of drug-likeness (QED) is 0.392. The number of hydrogen-bond donors (Lipinski definition) is 1. The lowest BCUT2D eigenvalue weighted by Crippen LogP contribution is -2.32. The van der Waals surface area contributed by atoms with Gasteiger partial charge in [-0.25, -0.2) is 5.84 Å². The molecule has 0 heterocycles. The number of carbonyl (C=O) groups excluding carboxylic acids is 1. The fourth-order valence-corrected chi connectivity index (χ4v) is 2.11. The van der Waals surface area contributed by atoms with Gasteiger partial charge in [-0.3, -0.25) is 4.79 Å². The van der Waals surface area contributed by atoms with Crippen LogP contribution in [0.2, 0.25) is 0 Å². The molecule has 102 valence electrons. The molecule has 5 nitrogen and oxygen atoms in total. The van der Waals surface area contributed by atoms with E-state index in [1.54, 1.807) is 0 Å². The fraction of sp³-hybridized carbons (Fsp3) is 0.133. The Labute approximate surface area is 116 Å². The smallest absolute Gasteiger partial charge is 0.261 e. The van der Waals surface area contributed by atoms with Crippen LogP contribution in [0.3, 0.4) is 0 Å². The van der Waals surface area contributed by atoms with Gasteiger partial charge in [-0.2, -0.15) is 0 Å². The molecule has 2 rings (SSSR count). The second-order valence-electron chi connectivity index (χ2n) is 4.40. The SMILES string of the molecule is NN(N=O)C(=O)CC(c1ccccc1)c1ccccc1. The lowest BCUT2D eigenvalue weighted by molar-refractivity contribution is -0.131. The van der Waals surface area contributed by atoms with Crippen LogP contribution in [-0.4, -0.2) is 11.0 Å². The zero-order valence-electron chi connectivity index (χ0n) is 10.8. The molecular weight excluding hydrogens is 254 g/mol. The van der Waals surface area contributed by atoms with Gasteiger partial charge in [0.15, 0.2) is 0 Å². The summed E-state index contributed by atoms with van der Waals surface area (Å²) in [4.78, 5) is 22.2. The third-order valence-electron chi connectivity index (χ3n) is 3.13. The first-order valence-corrected chi connectivity index (χ1v) is 6.23. The Morgan fingerprint density at radius 1 is 1.00 bits per heavy atom. The Balaban J connectivity index is 2.31. The summed E-state index contributed by atoms with van der Waals surface area (Å²) in [5, 5.41) is 2.79. The van der Waals surface area contributed by atoms with Crippen LogP contribution in [0.4, 0.5) is 0 Å². The van der Waals surface area contributed by atoms with Crippen molar-refractivity contribution in [2.45, 2.75) is 12.3 Å². The van der Waals surface area contributed by atoms with Gasteiger partial charge in [0.2, 0.25) is 0 Å². The van der Waals surface area contributed by atoms with Crippen LogP contribution < -0.4 is 5.84 Å². The van der Waals surface area contributed by atoms with E-state index in [0.29, 0.717) is 5.12 Å². The monoisotopic (exact) mass is 269 g/mol. The summed E-state index contributed by atoms with van der Waals surface area (Å²) in [7, 11) is 0. The average molecular weight is 269 g/mol. The molecule has 0 spiro atoms. The molecule has 2 aromatic rings. The van der Waals surface area contributed by atoms with Gasteiger partial charge in [0.25, 0.3) is 5.91 Å². The third-order valence-corrected chi connectivity index (χ3v) is 3.13. The summed E-state index contributed by atoms with van der Waals surface area (Å²) in [6.07, 6.45) is 0.0935. The fourth-order valence-electron chi connectivity index (χ4n) is 2.11. The van der Waals surface area contributed by atoms with E-state index in [0.717, 1.165) is 11.1 Å². The summed E-state index contributed by atoms with van der Waals surface area (Å²) >= 11 is 0. The predicted molar refractivity (Wildman–Crippen MR) is 76.2 cm³/mol. The normalized spacial score (nSPS) is 10.3. The van der Waals surface area contributed by atoms with Crippen molar-refractivity contribution in [3.05, 3.63) is 76.7 Å². The van der Waals surface area contributed by atoms with Gasteiger partial charge in [0.1, 0.15) is 0 Å². The maximum atomic E-state index is 11.8. The van der Waals surface area contributed by atoms with E-state index in [1.807, 2.05) is 60.7 Å². The standard InChI is InChI=1S/C15H15N3O2/c16-18(17-20)15(19)11-14(12-7-3-1-4-8-12)13-9-5-2-6-10-13/h1-10,14H,11,16H2. The van der Waals surface area contributed by atoms with Crippen molar-refractivity contribution in [2.24, 2.45) is 11.1 Å². The first kappa shape index (κ1) is 13.9. The Bertz CT molecular complexity index is 533. The summed E-state index contributed by atoms with van der Waals surface area (Å²) in [6, 6.07) is 19.2. The minimum absolute atomic E-state index is 0.0935. The molecule has 0 bridgehead atoms. The van der Waals surface area contributed by atoms with Crippen molar-refractivity contribution in [1.82, 2.24) is 5.12 Å². The minimum atomic E-state index is -0.516. The van der Waals surface area contributed by atoms with Crippen LogP contribution in [0.15, 0.2) is 65.9 Å². The molecule has 0 unspecified atom stereocenters. The second-order valence-corrected chi connectivity index (χ2v) is 4.40. The van der Waals surface area contributed by atoms with Gasteiger partial charge in [-0.15, -0.1) is 10.0 Å². The molecule has 0 aromatic heterocycles. The highest BCUT2D eigenvalue weighted by Crippen LogP contribution is 2.28. The largest absolute Gasteiger partial charge is 0.271 e. The summed E-state index contributed by atoms with van der Waals surface area (Å²) in [5.74, 6) is 4.55. The molecule has 0 atom stereocenters. The van der Waals surface area contributed by atoms with Gasteiger partial charge in [-0.1, -0.05) is 60.7 Å². The number of benzene rings is 2. The first-order valence-electron chi connectivity index (χ1n) is 6.23. The van der Waals surface area contributed by atoms with Gasteiger partial charge in [0.05, 0.1) is 5.29 Å². The van der Waals surface area contributed by atoms with E-state index in [2.05, 4.69) is 5.29 Å². The van der Waals surface area contributed by atoms with Gasteiger partial charge < -0.3 is 0 Å². The minimum Gasteiger partial charge on any atom is -0.271 e. The molecule has 5 heteroatoms. The molecule has 2 N–H and O–H groups in total. The summed E-state index contributed by atoms with van der Waals surface area (Å²) < 4.78 is 0. The number of hydrazine groups is 1. The van der Waals surface area contributed by atoms with E-state index in [1.165, 1.54) is 0 Å². The summed E-state index contributed by atoms with van der Waals surface area (Å²) in [5.41, 5.74) is 1.98. The van der Waals surface area contributed by atoms with E-state index in [-0.39, 0.29) is 12.3 Å². The second kappa shape index (κ2) is 6.58. The maximum absolute atomic E-state index is 11.8. The number of amides is 1. The number of nitroso groups, excluding NO2 is 1. The predicted octanol–water partition coefficient (Wildman–Crippen LogP) is 2.59. The van der Waals surface area contributed by atoms with Crippen LogP contribution >= 0.6 is 0 Å². The first-order chi connectivity index (χ1) is 9.72. The number of nitrogens with zero attached hydrogens (tertiary/aromatic N) is 2. The van der Waals surface area contributed by atoms with Crippen molar-refractivity contribution in [3.8, 4) is 0 Å². The zero-order chi connectivity index (χ0) is 14.4. The van der Waals surface area contributed by atoms with Crippen molar-refractivity contribution in [1.29, 1.82) is 0 Å². The van der Waals surface area contributed by atoms with Crippen molar-refractivity contribution in [3.63, 3.8) is 0 Å². The van der Waals surface area contributed by atoms with Crippen LogP contribution in [0, 0.1) is 4.91 Å². The van der Waals surface area contributed by atoms with Crippen LogP contribution in [0.1, 0.15) is 23.5 Å². The van der Waals surface area contributed by atoms with Crippen LogP contribution in [0.5, 0.6) is 0 Å². The van der Waals surface area contributed by atoms with E-state index in [9.17, 15) is 9.70 Å². The molecule has 0 aliphatic rings. The topological polar surface area (TPSA) is 75.8 Å². The molecule has 0 fully saturated rings. The molecular formula is C15H15N3O2. The average Bonchev–Trinajstić information content (AvgIpc) is 2.53. The Morgan fingerprint density at radius 3 is 1.85 bits per heavy atom. The summed E-state index contributed by atoms with van der Waals surface area (Å²) in [6.45, 7) is 0. The van der Waals surface area contributed by atoms with Crippen molar-refractivity contribution < 1.29 is 4.79 Å². The van der Waals surface area contributed by atoms with Crippen molar-refractivity contribution in [2.75, 3.05) is 0 Å². The van der Waals surface area contributed by atoms with Crippen LogP contribution in [-0.2, 0) is 4.79 Å². The molecule has 2 aromatic carbocycles. The molecule has 1 amide bonds. The van der Waals surface area contributed by atoms with E-state index < -0.39 is 5.91 Å². The van der Waals surface area contributed by atoms with Gasteiger partial charge in [0, 0.05) is 12.3 Å². The highest BCUT2D eigenvalue weighted by Gasteiger charge is 2.21. The highest BCUT2D eigenvalue weighted by atomic mass is 16.3. The Kier molecular flexibility index (Phi) is 4.57. The molecule has 20 heavy (non-hydrogen) atoms. The lowest BCUT2D eigenvalue weighted by Gasteiger charge is -2.18. The zero-order valence-corrected chi connectivity index (χ0v) is 10.8. The van der Waals surface area contributed by atoms with Gasteiger partial charge >= 0.3 is 0 Å². The maximum Gasteiger partial charge on any atom is 0.261 e. The number of rotatable bonds is 5. The molecule has 0 aliphatic heterocycles. The Hall–Kier alpha value is -2.53. The van der Waals surface area contributed by atoms with E-state index >= 15 is 0 Å². The number of nitrogens with two attached hydrogens (primary N) is 1. The van der Waals surface area contributed by atoms with E-state index in [4.69, 9.17) is 5.84 Å². The number of carbonyl (C=O) groups is 1.